The Morgan fingerprint density at radius 3 is 2.12 bits per heavy atom. The molecule has 0 amide bonds. The van der Waals surface area contributed by atoms with Gasteiger partial charge in [-0.2, -0.15) is 0 Å². The molecule has 0 aliphatic rings. The molecule has 0 aromatic rings. The Balaban J connectivity index is 3.01. The van der Waals surface area contributed by atoms with Crippen LogP contribution >= 0.6 is 0 Å². The van der Waals surface area contributed by atoms with Crippen molar-refractivity contribution in [2.24, 2.45) is 0 Å². The molecule has 0 heterocycles. The summed E-state index contributed by atoms with van der Waals surface area (Å²) in [4.78, 5) is 10.5. The van der Waals surface area contributed by atoms with E-state index in [4.69, 9.17) is 4.74 Å². The van der Waals surface area contributed by atoms with E-state index >= 15 is 0 Å². The zero-order valence-electron chi connectivity index (χ0n) is 10.8. The Kier molecular flexibility index (Phi) is 11.7. The van der Waals surface area contributed by atoms with Crippen molar-refractivity contribution < 1.29 is 9.53 Å². The maximum atomic E-state index is 10.5. The number of rotatable bonds is 11. The second-order valence-electron chi connectivity index (χ2n) is 4.26. The van der Waals surface area contributed by atoms with Gasteiger partial charge in [-0.1, -0.05) is 51.9 Å². The van der Waals surface area contributed by atoms with Crippen LogP contribution in [0.15, 0.2) is 12.3 Å². The smallest absolute Gasteiger partial charge is 0.155 e. The van der Waals surface area contributed by atoms with Crippen LogP contribution in [0.5, 0.6) is 0 Å². The second kappa shape index (κ2) is 12.3. The molecular weight excluding hydrogens is 200 g/mol. The van der Waals surface area contributed by atoms with Gasteiger partial charge in [-0.3, -0.25) is 4.79 Å². The zero-order chi connectivity index (χ0) is 12.1. The lowest BCUT2D eigenvalue weighted by Crippen LogP contribution is -1.89. The Morgan fingerprint density at radius 2 is 1.56 bits per heavy atom. The van der Waals surface area contributed by atoms with Crippen molar-refractivity contribution in [2.45, 2.75) is 65.2 Å². The van der Waals surface area contributed by atoms with Gasteiger partial charge in [0.05, 0.1) is 12.9 Å². The van der Waals surface area contributed by atoms with Crippen molar-refractivity contribution in [1.29, 1.82) is 0 Å². The van der Waals surface area contributed by atoms with E-state index in [1.807, 2.05) is 0 Å². The molecule has 0 saturated carbocycles. The number of ketones is 1. The highest BCUT2D eigenvalue weighted by atomic mass is 16.5. The van der Waals surface area contributed by atoms with Gasteiger partial charge >= 0.3 is 0 Å². The van der Waals surface area contributed by atoms with Crippen molar-refractivity contribution in [3.63, 3.8) is 0 Å². The van der Waals surface area contributed by atoms with Crippen molar-refractivity contribution in [2.75, 3.05) is 6.61 Å². The molecule has 0 N–H and O–H groups in total. The summed E-state index contributed by atoms with van der Waals surface area (Å²) in [5.41, 5.74) is 0. The molecule has 0 saturated heterocycles. The van der Waals surface area contributed by atoms with Crippen LogP contribution in [-0.2, 0) is 9.53 Å². The summed E-state index contributed by atoms with van der Waals surface area (Å²) in [6.45, 7) is 4.50. The fourth-order valence-electron chi connectivity index (χ4n) is 1.53. The highest BCUT2D eigenvalue weighted by Gasteiger charge is 1.91. The first-order valence-corrected chi connectivity index (χ1v) is 6.56. The van der Waals surface area contributed by atoms with Gasteiger partial charge in [0.1, 0.15) is 0 Å². The molecule has 0 aliphatic carbocycles. The molecule has 0 unspecified atom stereocenters. The van der Waals surface area contributed by atoms with Gasteiger partial charge < -0.3 is 4.74 Å². The number of unbranched alkanes of at least 4 members (excludes halogenated alkanes) is 7. The molecule has 2 heteroatoms. The van der Waals surface area contributed by atoms with Gasteiger partial charge in [-0.15, -0.1) is 0 Å². The van der Waals surface area contributed by atoms with Crippen molar-refractivity contribution in [3.8, 4) is 0 Å². The summed E-state index contributed by atoms with van der Waals surface area (Å²) in [7, 11) is 0. The predicted octanol–water partition coefficient (Wildman–Crippen LogP) is 4.25. The van der Waals surface area contributed by atoms with Gasteiger partial charge in [-0.05, 0) is 13.3 Å². The highest BCUT2D eigenvalue weighted by Crippen LogP contribution is 2.08. The van der Waals surface area contributed by atoms with E-state index in [9.17, 15) is 4.79 Å². The first-order valence-electron chi connectivity index (χ1n) is 6.56. The number of carbonyl (C=O) groups is 1. The Hall–Kier alpha value is -0.790. The lowest BCUT2D eigenvalue weighted by atomic mass is 10.1. The molecule has 0 aliphatic heterocycles. The average Bonchev–Trinajstić information content (AvgIpc) is 2.25. The molecule has 0 aromatic heterocycles. The highest BCUT2D eigenvalue weighted by molar-refractivity contribution is 5.86. The molecule has 0 atom stereocenters. The summed E-state index contributed by atoms with van der Waals surface area (Å²) >= 11 is 0. The monoisotopic (exact) mass is 226 g/mol. The fraction of sp³-hybridized carbons (Fsp3) is 0.786. The van der Waals surface area contributed by atoms with Crippen LogP contribution in [0.3, 0.4) is 0 Å². The minimum Gasteiger partial charge on any atom is -0.501 e. The third-order valence-electron chi connectivity index (χ3n) is 2.51. The summed E-state index contributed by atoms with van der Waals surface area (Å²) in [5.74, 6) is 0.0379. The Morgan fingerprint density at radius 1 is 1.00 bits per heavy atom. The second-order valence-corrected chi connectivity index (χ2v) is 4.26. The van der Waals surface area contributed by atoms with Crippen molar-refractivity contribution in [1.82, 2.24) is 0 Å². The van der Waals surface area contributed by atoms with Crippen LogP contribution < -0.4 is 0 Å². The number of carbonyl (C=O) groups excluding carboxylic acids is 1. The van der Waals surface area contributed by atoms with Crippen molar-refractivity contribution in [3.05, 3.63) is 12.3 Å². The molecule has 16 heavy (non-hydrogen) atoms. The quantitative estimate of drug-likeness (QED) is 0.299. The van der Waals surface area contributed by atoms with Crippen LogP contribution in [0.1, 0.15) is 65.2 Å². The van der Waals surface area contributed by atoms with E-state index < -0.39 is 0 Å². The minimum atomic E-state index is 0.0379. The van der Waals surface area contributed by atoms with Crippen LogP contribution in [0.25, 0.3) is 0 Å². The first-order chi connectivity index (χ1) is 7.77. The van der Waals surface area contributed by atoms with Gasteiger partial charge in [0.2, 0.25) is 0 Å². The van der Waals surface area contributed by atoms with Gasteiger partial charge in [0.15, 0.2) is 5.78 Å². The SMILES string of the molecule is CCCCCCCCCCOC=CC(C)=O. The number of hydrogen-bond donors (Lipinski definition) is 0. The molecule has 94 valence electrons. The van der Waals surface area contributed by atoms with Gasteiger partial charge in [0.25, 0.3) is 0 Å². The van der Waals surface area contributed by atoms with Crippen LogP contribution in [0, 0.1) is 0 Å². The Bertz CT molecular complexity index is 185. The lowest BCUT2D eigenvalue weighted by Gasteiger charge is -2.01. The van der Waals surface area contributed by atoms with Gasteiger partial charge in [0, 0.05) is 6.08 Å². The topological polar surface area (TPSA) is 26.3 Å². The van der Waals surface area contributed by atoms with E-state index in [-0.39, 0.29) is 5.78 Å². The van der Waals surface area contributed by atoms with E-state index in [1.165, 1.54) is 64.2 Å². The van der Waals surface area contributed by atoms with E-state index in [0.29, 0.717) is 0 Å². The number of ether oxygens (including phenoxy) is 1. The normalized spacial score (nSPS) is 10.9. The number of allylic oxidation sites excluding steroid dienone is 1. The number of hydrogen-bond acceptors (Lipinski definition) is 2. The van der Waals surface area contributed by atoms with Crippen LogP contribution in [0.4, 0.5) is 0 Å². The Labute approximate surface area is 100 Å². The van der Waals surface area contributed by atoms with Crippen LogP contribution in [0.2, 0.25) is 0 Å². The molecule has 0 fully saturated rings. The van der Waals surface area contributed by atoms with Crippen LogP contribution in [-0.4, -0.2) is 12.4 Å². The van der Waals surface area contributed by atoms with E-state index in [1.54, 1.807) is 0 Å². The minimum absolute atomic E-state index is 0.0379. The molecule has 0 radical (unpaired) electrons. The zero-order valence-corrected chi connectivity index (χ0v) is 10.8. The molecule has 0 aromatic carbocycles. The lowest BCUT2D eigenvalue weighted by molar-refractivity contribution is -0.112. The summed E-state index contributed by atoms with van der Waals surface area (Å²) in [6.07, 6.45) is 13.4. The largest absolute Gasteiger partial charge is 0.501 e. The first kappa shape index (κ1) is 15.2. The summed E-state index contributed by atoms with van der Waals surface area (Å²) in [6, 6.07) is 0. The third-order valence-corrected chi connectivity index (χ3v) is 2.51. The fourth-order valence-corrected chi connectivity index (χ4v) is 1.53. The third kappa shape index (κ3) is 13.2. The van der Waals surface area contributed by atoms with E-state index in [2.05, 4.69) is 6.92 Å². The van der Waals surface area contributed by atoms with Crippen molar-refractivity contribution >= 4 is 5.78 Å². The van der Waals surface area contributed by atoms with E-state index in [0.717, 1.165) is 13.0 Å². The predicted molar refractivity (Wildman–Crippen MR) is 68.4 cm³/mol. The average molecular weight is 226 g/mol. The summed E-state index contributed by atoms with van der Waals surface area (Å²) in [5, 5.41) is 0. The molecule has 2 nitrogen and oxygen atoms in total. The molecule has 0 rings (SSSR count). The molecule has 0 spiro atoms. The molecule has 0 bridgehead atoms. The maximum Gasteiger partial charge on any atom is 0.155 e. The summed E-state index contributed by atoms with van der Waals surface area (Å²) < 4.78 is 5.19. The maximum absolute atomic E-state index is 10.5. The standard InChI is InChI=1S/C14H26O2/c1-3-4-5-6-7-8-9-10-12-16-13-11-14(2)15/h11,13H,3-10,12H2,1-2H3. The van der Waals surface area contributed by atoms with Gasteiger partial charge in [-0.25, -0.2) is 0 Å². The molecular formula is C14H26O2.